The Morgan fingerprint density at radius 3 is 2.83 bits per heavy atom. The van der Waals surface area contributed by atoms with Crippen molar-refractivity contribution in [3.8, 4) is 0 Å². The van der Waals surface area contributed by atoms with Crippen molar-refractivity contribution in [3.05, 3.63) is 42.2 Å². The number of nitrogens with zero attached hydrogens (tertiary/aromatic N) is 2. The van der Waals surface area contributed by atoms with Crippen LogP contribution in [0.4, 0.5) is 24.0 Å². The average molecular weight is 374 g/mol. The molecule has 2 rings (SSSR count). The Morgan fingerprint density at radius 1 is 1.38 bits per heavy atom. The molecule has 0 spiro atoms. The van der Waals surface area contributed by atoms with E-state index in [1.807, 2.05) is 0 Å². The second kappa shape index (κ2) is 8.15. The van der Waals surface area contributed by atoms with E-state index in [0.717, 1.165) is 23.9 Å². The van der Waals surface area contributed by atoms with Crippen LogP contribution in [0.2, 0.25) is 0 Å². The van der Waals surface area contributed by atoms with Gasteiger partial charge in [0.05, 0.1) is 10.9 Å². The summed E-state index contributed by atoms with van der Waals surface area (Å²) in [7, 11) is 0. The van der Waals surface area contributed by atoms with Crippen LogP contribution in [0.3, 0.4) is 0 Å². The van der Waals surface area contributed by atoms with E-state index in [2.05, 4.69) is 27.4 Å². The normalized spacial score (nSPS) is 11.8. The minimum absolute atomic E-state index is 0.419. The number of hydrogen-bond acceptors (Lipinski definition) is 6. The molecule has 0 bridgehead atoms. The summed E-state index contributed by atoms with van der Waals surface area (Å²) in [5, 5.41) is 12.9. The zero-order valence-electron chi connectivity index (χ0n) is 12.5. The average Bonchev–Trinajstić information content (AvgIpc) is 3.00. The molecule has 1 atom stereocenters. The summed E-state index contributed by atoms with van der Waals surface area (Å²) in [4.78, 5) is 12.1. The summed E-state index contributed by atoms with van der Waals surface area (Å²) < 4.78 is 40.1. The van der Waals surface area contributed by atoms with E-state index in [9.17, 15) is 18.0 Å². The molecule has 2 N–H and O–H groups in total. The highest BCUT2D eigenvalue weighted by atomic mass is 32.2. The number of rotatable bonds is 7. The van der Waals surface area contributed by atoms with Gasteiger partial charge < -0.3 is 10.6 Å². The van der Waals surface area contributed by atoms with Crippen LogP contribution in [0.15, 0.2) is 29.1 Å². The first kappa shape index (κ1) is 18.3. The van der Waals surface area contributed by atoms with Gasteiger partial charge in [0.2, 0.25) is 11.0 Å². The van der Waals surface area contributed by atoms with Gasteiger partial charge in [-0.25, -0.2) is 13.2 Å². The number of amides is 1. The van der Waals surface area contributed by atoms with Gasteiger partial charge in [-0.05, 0) is 19.1 Å². The van der Waals surface area contributed by atoms with Crippen LogP contribution >= 0.6 is 23.1 Å². The van der Waals surface area contributed by atoms with Crippen LogP contribution in [-0.4, -0.2) is 27.9 Å². The number of hydrogen-bond donors (Lipinski definition) is 2. The number of halogens is 3. The summed E-state index contributed by atoms with van der Waals surface area (Å²) in [6, 6.07) is 1.71. The Bertz CT molecular complexity index is 754. The standard InChI is InChI=1S/C14H13F3N4OS2/c1-3-6-18-13-20-21-14(24-13)23-7(2)12(22)19-9-5-4-8(15)10(16)11(9)17/h3-5,7H,1,6H2,2H3,(H,18,20)(H,19,22)/t7-/m1/s1. The van der Waals surface area contributed by atoms with E-state index >= 15 is 0 Å². The second-order valence-corrected chi connectivity index (χ2v) is 7.08. The lowest BCUT2D eigenvalue weighted by Crippen LogP contribution is -2.23. The lowest BCUT2D eigenvalue weighted by Gasteiger charge is -2.11. The van der Waals surface area contributed by atoms with E-state index in [1.54, 1.807) is 13.0 Å². The highest BCUT2D eigenvalue weighted by Crippen LogP contribution is 2.29. The second-order valence-electron chi connectivity index (χ2n) is 4.51. The Balaban J connectivity index is 1.98. The van der Waals surface area contributed by atoms with Crippen LogP contribution in [0, 0.1) is 17.5 Å². The fraction of sp³-hybridized carbons (Fsp3) is 0.214. The van der Waals surface area contributed by atoms with Gasteiger partial charge in [-0.15, -0.1) is 16.8 Å². The first-order chi connectivity index (χ1) is 11.4. The monoisotopic (exact) mass is 374 g/mol. The van der Waals surface area contributed by atoms with Crippen molar-refractivity contribution in [2.45, 2.75) is 16.5 Å². The van der Waals surface area contributed by atoms with Crippen LogP contribution in [0.5, 0.6) is 0 Å². The SMILES string of the molecule is C=CCNc1nnc(S[C@H](C)C(=O)Nc2ccc(F)c(F)c2F)s1. The molecule has 1 aromatic heterocycles. The van der Waals surface area contributed by atoms with Gasteiger partial charge in [0, 0.05) is 6.54 Å². The molecule has 0 unspecified atom stereocenters. The highest BCUT2D eigenvalue weighted by Gasteiger charge is 2.20. The summed E-state index contributed by atoms with van der Waals surface area (Å²) in [5.74, 6) is -4.95. The van der Waals surface area contributed by atoms with Gasteiger partial charge in [-0.2, -0.15) is 0 Å². The molecule has 1 amide bonds. The van der Waals surface area contributed by atoms with Crippen LogP contribution < -0.4 is 10.6 Å². The minimum atomic E-state index is -1.63. The van der Waals surface area contributed by atoms with Crippen molar-refractivity contribution < 1.29 is 18.0 Å². The molecule has 5 nitrogen and oxygen atoms in total. The molecule has 0 saturated heterocycles. The van der Waals surface area contributed by atoms with E-state index in [4.69, 9.17) is 0 Å². The van der Waals surface area contributed by atoms with Gasteiger partial charge in [0.15, 0.2) is 21.8 Å². The zero-order valence-corrected chi connectivity index (χ0v) is 14.1. The minimum Gasteiger partial charge on any atom is -0.357 e. The van der Waals surface area contributed by atoms with Gasteiger partial charge >= 0.3 is 0 Å². The van der Waals surface area contributed by atoms with E-state index in [0.29, 0.717) is 16.0 Å². The number of aromatic nitrogens is 2. The topological polar surface area (TPSA) is 66.9 Å². The van der Waals surface area contributed by atoms with Crippen molar-refractivity contribution >= 4 is 39.8 Å². The number of carbonyl (C=O) groups is 1. The molecule has 24 heavy (non-hydrogen) atoms. The van der Waals surface area contributed by atoms with Crippen molar-refractivity contribution in [1.29, 1.82) is 0 Å². The molecule has 1 heterocycles. The van der Waals surface area contributed by atoms with Gasteiger partial charge in [-0.1, -0.05) is 29.2 Å². The van der Waals surface area contributed by atoms with Crippen LogP contribution in [-0.2, 0) is 4.79 Å². The maximum atomic E-state index is 13.6. The summed E-state index contributed by atoms with van der Waals surface area (Å²) in [5.41, 5.74) is -0.419. The number of nitrogens with one attached hydrogen (secondary N) is 2. The Kier molecular flexibility index (Phi) is 6.21. The largest absolute Gasteiger partial charge is 0.357 e. The molecular formula is C14H13F3N4OS2. The molecule has 0 aliphatic rings. The number of anilines is 2. The summed E-state index contributed by atoms with van der Waals surface area (Å²) in [6.45, 7) is 5.68. The Labute approximate surface area is 144 Å². The third-order valence-electron chi connectivity index (χ3n) is 2.74. The predicted octanol–water partition coefficient (Wildman–Crippen LogP) is 3.67. The first-order valence-electron chi connectivity index (χ1n) is 6.71. The Morgan fingerprint density at radius 2 is 2.12 bits per heavy atom. The quantitative estimate of drug-likeness (QED) is 0.440. The third kappa shape index (κ3) is 4.48. The van der Waals surface area contributed by atoms with Crippen molar-refractivity contribution in [2.75, 3.05) is 17.2 Å². The lowest BCUT2D eigenvalue weighted by molar-refractivity contribution is -0.115. The molecule has 0 fully saturated rings. The number of carbonyl (C=O) groups excluding carboxylic acids is 1. The molecule has 2 aromatic rings. The lowest BCUT2D eigenvalue weighted by atomic mass is 10.2. The van der Waals surface area contributed by atoms with Gasteiger partial charge in [0.25, 0.3) is 0 Å². The third-order valence-corrected chi connectivity index (χ3v) is 4.81. The highest BCUT2D eigenvalue weighted by molar-refractivity contribution is 8.02. The predicted molar refractivity (Wildman–Crippen MR) is 88.9 cm³/mol. The molecular weight excluding hydrogens is 361 g/mol. The molecule has 128 valence electrons. The fourth-order valence-electron chi connectivity index (χ4n) is 1.55. The molecule has 0 radical (unpaired) electrons. The van der Waals surface area contributed by atoms with Gasteiger partial charge in [-0.3, -0.25) is 4.79 Å². The fourth-order valence-corrected chi connectivity index (χ4v) is 3.45. The number of thioether (sulfide) groups is 1. The molecule has 10 heteroatoms. The maximum absolute atomic E-state index is 13.6. The van der Waals surface area contributed by atoms with Crippen molar-refractivity contribution in [2.24, 2.45) is 0 Å². The molecule has 0 aliphatic carbocycles. The van der Waals surface area contributed by atoms with Crippen LogP contribution in [0.1, 0.15) is 6.92 Å². The summed E-state index contributed by atoms with van der Waals surface area (Å²) in [6.07, 6.45) is 1.67. The van der Waals surface area contributed by atoms with E-state index in [1.165, 1.54) is 11.3 Å². The molecule has 1 aromatic carbocycles. The first-order valence-corrected chi connectivity index (χ1v) is 8.41. The van der Waals surface area contributed by atoms with Crippen LogP contribution in [0.25, 0.3) is 0 Å². The zero-order chi connectivity index (χ0) is 17.7. The van der Waals surface area contributed by atoms with Crippen molar-refractivity contribution in [3.63, 3.8) is 0 Å². The van der Waals surface area contributed by atoms with E-state index in [-0.39, 0.29) is 0 Å². The van der Waals surface area contributed by atoms with Gasteiger partial charge in [0.1, 0.15) is 0 Å². The molecule has 0 aliphatic heterocycles. The van der Waals surface area contributed by atoms with Crippen molar-refractivity contribution in [1.82, 2.24) is 10.2 Å². The number of benzene rings is 1. The smallest absolute Gasteiger partial charge is 0.237 e. The molecule has 0 saturated carbocycles. The maximum Gasteiger partial charge on any atom is 0.237 e. The van der Waals surface area contributed by atoms with E-state index < -0.39 is 34.3 Å². The summed E-state index contributed by atoms with van der Waals surface area (Å²) >= 11 is 2.37. The Hall–Kier alpha value is -2.07.